The van der Waals surface area contributed by atoms with Gasteiger partial charge in [-0.1, -0.05) is 26.0 Å². The lowest BCUT2D eigenvalue weighted by Crippen LogP contribution is -2.45. The van der Waals surface area contributed by atoms with Crippen LogP contribution in [0.15, 0.2) is 29.3 Å². The highest BCUT2D eigenvalue weighted by Gasteiger charge is 2.22. The third-order valence-electron chi connectivity index (χ3n) is 4.75. The first-order valence-corrected chi connectivity index (χ1v) is 10.7. The van der Waals surface area contributed by atoms with Gasteiger partial charge in [0, 0.05) is 45.8 Å². The maximum atomic E-state index is 12.1. The second-order valence-electron chi connectivity index (χ2n) is 8.88. The van der Waals surface area contributed by atoms with E-state index in [1.165, 1.54) is 0 Å². The molecule has 0 aliphatic heterocycles. The van der Waals surface area contributed by atoms with E-state index in [-0.39, 0.29) is 17.9 Å². The number of alkyl carbamates (subject to hydrolysis) is 1. The molecule has 0 aromatic heterocycles. The molecule has 1 rings (SSSR count). The van der Waals surface area contributed by atoms with E-state index in [9.17, 15) is 9.59 Å². The zero-order chi connectivity index (χ0) is 23.6. The van der Waals surface area contributed by atoms with Crippen molar-refractivity contribution in [2.24, 2.45) is 10.9 Å². The molecular weight excluding hydrogens is 394 g/mol. The van der Waals surface area contributed by atoms with Crippen LogP contribution < -0.4 is 16.0 Å². The summed E-state index contributed by atoms with van der Waals surface area (Å²) in [6.45, 7) is 11.0. The van der Waals surface area contributed by atoms with Gasteiger partial charge in [-0.3, -0.25) is 9.79 Å². The highest BCUT2D eigenvalue weighted by Crippen LogP contribution is 2.11. The average molecular weight is 434 g/mol. The Morgan fingerprint density at radius 3 is 2.26 bits per heavy atom. The fraction of sp³-hybridized carbons (Fsp3) is 0.609. The number of aliphatic imine (C=N–C) groups is 1. The number of carbonyl (C=O) groups excluding carboxylic acids is 2. The van der Waals surface area contributed by atoms with Gasteiger partial charge in [-0.05, 0) is 50.8 Å². The summed E-state index contributed by atoms with van der Waals surface area (Å²) in [6, 6.07) is 7.44. The van der Waals surface area contributed by atoms with E-state index in [4.69, 9.17) is 4.74 Å². The summed E-state index contributed by atoms with van der Waals surface area (Å²) in [4.78, 5) is 30.2. The Morgan fingerprint density at radius 2 is 1.77 bits per heavy atom. The van der Waals surface area contributed by atoms with Gasteiger partial charge in [0.15, 0.2) is 5.96 Å². The van der Waals surface area contributed by atoms with Gasteiger partial charge in [-0.25, -0.2) is 4.79 Å². The molecular formula is C23H39N5O3. The number of nitrogens with one attached hydrogen (secondary N) is 3. The Kier molecular flexibility index (Phi) is 10.3. The van der Waals surface area contributed by atoms with Gasteiger partial charge in [-0.15, -0.1) is 0 Å². The Hall–Kier alpha value is -2.77. The lowest BCUT2D eigenvalue weighted by atomic mass is 10.0. The molecule has 1 aromatic carbocycles. The third kappa shape index (κ3) is 9.72. The third-order valence-corrected chi connectivity index (χ3v) is 4.75. The van der Waals surface area contributed by atoms with Gasteiger partial charge in [0.2, 0.25) is 0 Å². The van der Waals surface area contributed by atoms with Gasteiger partial charge in [-0.2, -0.15) is 0 Å². The number of carbonyl (C=O) groups is 2. The minimum Gasteiger partial charge on any atom is -0.444 e. The highest BCUT2D eigenvalue weighted by molar-refractivity contribution is 5.93. The van der Waals surface area contributed by atoms with Crippen molar-refractivity contribution in [2.75, 3.05) is 27.7 Å². The van der Waals surface area contributed by atoms with Gasteiger partial charge in [0.25, 0.3) is 5.91 Å². The number of benzene rings is 1. The minimum absolute atomic E-state index is 0.00679. The molecule has 0 fully saturated rings. The van der Waals surface area contributed by atoms with Crippen molar-refractivity contribution in [2.45, 2.75) is 59.2 Å². The van der Waals surface area contributed by atoms with Crippen molar-refractivity contribution in [1.82, 2.24) is 20.9 Å². The largest absolute Gasteiger partial charge is 0.444 e. The fourth-order valence-corrected chi connectivity index (χ4v) is 2.95. The second-order valence-corrected chi connectivity index (χ2v) is 8.88. The van der Waals surface area contributed by atoms with Gasteiger partial charge in [0.1, 0.15) is 5.60 Å². The first-order valence-electron chi connectivity index (χ1n) is 10.7. The van der Waals surface area contributed by atoms with E-state index >= 15 is 0 Å². The van der Waals surface area contributed by atoms with E-state index in [0.717, 1.165) is 17.9 Å². The molecule has 8 nitrogen and oxygen atoms in total. The zero-order valence-electron chi connectivity index (χ0n) is 20.2. The standard InChI is InChI=1S/C23H39N5O3/c1-16(2)19(27-22(30)31-23(3,4)5)13-14-28(8)21(25-7)26-15-17-9-11-18(12-10-17)20(29)24-6/h9-12,16,19H,13-15H2,1-8H3,(H,24,29)(H,25,26)(H,27,30). The molecule has 0 aliphatic carbocycles. The predicted molar refractivity (Wildman–Crippen MR) is 125 cm³/mol. The number of hydrogen-bond acceptors (Lipinski definition) is 4. The number of guanidine groups is 1. The van der Waals surface area contributed by atoms with Gasteiger partial charge < -0.3 is 25.6 Å². The van der Waals surface area contributed by atoms with Crippen molar-refractivity contribution in [1.29, 1.82) is 0 Å². The lowest BCUT2D eigenvalue weighted by molar-refractivity contribution is 0.0485. The quantitative estimate of drug-likeness (QED) is 0.433. The van der Waals surface area contributed by atoms with Gasteiger partial charge >= 0.3 is 6.09 Å². The topological polar surface area (TPSA) is 95.1 Å². The first-order chi connectivity index (χ1) is 14.5. The van der Waals surface area contributed by atoms with E-state index in [2.05, 4.69) is 34.8 Å². The summed E-state index contributed by atoms with van der Waals surface area (Å²) < 4.78 is 5.39. The number of nitrogens with zero attached hydrogens (tertiary/aromatic N) is 2. The van der Waals surface area contributed by atoms with E-state index in [1.807, 2.05) is 44.9 Å². The number of amides is 2. The molecule has 2 amide bonds. The van der Waals surface area contributed by atoms with Gasteiger partial charge in [0.05, 0.1) is 0 Å². The van der Waals surface area contributed by atoms with Crippen LogP contribution in [-0.4, -0.2) is 62.2 Å². The summed E-state index contributed by atoms with van der Waals surface area (Å²) in [5.41, 5.74) is 1.16. The molecule has 8 heteroatoms. The molecule has 1 aromatic rings. The van der Waals surface area contributed by atoms with Crippen molar-refractivity contribution >= 4 is 18.0 Å². The molecule has 0 saturated heterocycles. The molecule has 0 heterocycles. The predicted octanol–water partition coefficient (Wildman–Crippen LogP) is 2.99. The Labute approximate surface area is 186 Å². The zero-order valence-corrected chi connectivity index (χ0v) is 20.2. The molecule has 0 spiro atoms. The van der Waals surface area contributed by atoms with Crippen LogP contribution in [0.5, 0.6) is 0 Å². The molecule has 31 heavy (non-hydrogen) atoms. The van der Waals surface area contributed by atoms with Crippen LogP contribution >= 0.6 is 0 Å². The van der Waals surface area contributed by atoms with Crippen LogP contribution in [0.1, 0.15) is 57.0 Å². The maximum Gasteiger partial charge on any atom is 0.407 e. The second kappa shape index (κ2) is 12.2. The summed E-state index contributed by atoms with van der Waals surface area (Å²) in [5, 5.41) is 8.93. The summed E-state index contributed by atoms with van der Waals surface area (Å²) in [6.07, 6.45) is 0.367. The van der Waals surface area contributed by atoms with E-state index in [0.29, 0.717) is 18.7 Å². The number of ether oxygens (including phenoxy) is 1. The van der Waals surface area contributed by atoms with Crippen LogP contribution in [-0.2, 0) is 11.3 Å². The summed E-state index contributed by atoms with van der Waals surface area (Å²) in [7, 11) is 5.33. The molecule has 174 valence electrons. The van der Waals surface area contributed by atoms with E-state index < -0.39 is 11.7 Å². The molecule has 1 unspecified atom stereocenters. The van der Waals surface area contributed by atoms with Crippen molar-refractivity contribution in [3.63, 3.8) is 0 Å². The van der Waals surface area contributed by atoms with E-state index in [1.54, 1.807) is 26.2 Å². The molecule has 0 bridgehead atoms. The van der Waals surface area contributed by atoms with Crippen LogP contribution in [0.3, 0.4) is 0 Å². The number of hydrogen-bond donors (Lipinski definition) is 3. The first kappa shape index (κ1) is 26.3. The fourth-order valence-electron chi connectivity index (χ4n) is 2.95. The van der Waals surface area contributed by atoms with Crippen molar-refractivity contribution in [3.05, 3.63) is 35.4 Å². The summed E-state index contributed by atoms with van der Waals surface area (Å²) in [5.74, 6) is 0.930. The van der Waals surface area contributed by atoms with Crippen molar-refractivity contribution < 1.29 is 14.3 Å². The SMILES string of the molecule is CN=C(NCc1ccc(C(=O)NC)cc1)N(C)CCC(NC(=O)OC(C)(C)C)C(C)C. The molecule has 0 aliphatic rings. The van der Waals surface area contributed by atoms with Crippen LogP contribution in [0.25, 0.3) is 0 Å². The maximum absolute atomic E-state index is 12.1. The Balaban J connectivity index is 2.59. The normalized spacial score (nSPS) is 12.9. The summed E-state index contributed by atoms with van der Waals surface area (Å²) >= 11 is 0. The molecule has 3 N–H and O–H groups in total. The monoisotopic (exact) mass is 433 g/mol. The number of rotatable bonds is 8. The van der Waals surface area contributed by atoms with Crippen LogP contribution in [0.4, 0.5) is 4.79 Å². The van der Waals surface area contributed by atoms with Crippen LogP contribution in [0, 0.1) is 5.92 Å². The Bertz CT molecular complexity index is 739. The highest BCUT2D eigenvalue weighted by atomic mass is 16.6. The smallest absolute Gasteiger partial charge is 0.407 e. The molecule has 0 radical (unpaired) electrons. The van der Waals surface area contributed by atoms with Crippen molar-refractivity contribution in [3.8, 4) is 0 Å². The minimum atomic E-state index is -0.521. The molecule has 1 atom stereocenters. The average Bonchev–Trinajstić information content (AvgIpc) is 2.69. The Morgan fingerprint density at radius 1 is 1.16 bits per heavy atom. The molecule has 0 saturated carbocycles. The lowest BCUT2D eigenvalue weighted by Gasteiger charge is -2.28. The van der Waals surface area contributed by atoms with Crippen LogP contribution in [0.2, 0.25) is 0 Å².